The molecule has 1 fully saturated rings. The highest BCUT2D eigenvalue weighted by Gasteiger charge is 2.28. The number of carbonyl (C=O) groups excluding carboxylic acids is 2. The first-order chi connectivity index (χ1) is 11.4. The van der Waals surface area contributed by atoms with Crippen LogP contribution in [0.15, 0.2) is 0 Å². The van der Waals surface area contributed by atoms with E-state index in [2.05, 4.69) is 10.3 Å². The molecule has 1 atom stereocenters. The number of aryl methyl sites for hydroxylation is 2. The predicted octanol–water partition coefficient (Wildman–Crippen LogP) is 2.21. The predicted molar refractivity (Wildman–Crippen MR) is 93.9 cm³/mol. The van der Waals surface area contributed by atoms with Gasteiger partial charge in [-0.05, 0) is 40.5 Å². The van der Waals surface area contributed by atoms with Gasteiger partial charge in [0.25, 0.3) is 0 Å². The van der Waals surface area contributed by atoms with Gasteiger partial charge in [-0.15, -0.1) is 11.3 Å². The van der Waals surface area contributed by atoms with Gasteiger partial charge in [0, 0.05) is 30.5 Å². The third kappa shape index (κ3) is 4.77. The van der Waals surface area contributed by atoms with Crippen LogP contribution in [0.2, 0.25) is 0 Å². The van der Waals surface area contributed by atoms with Crippen molar-refractivity contribution in [3.8, 4) is 0 Å². The smallest absolute Gasteiger partial charge is 0.248 e. The summed E-state index contributed by atoms with van der Waals surface area (Å²) in [6.07, 6.45) is 1.40. The highest BCUT2D eigenvalue weighted by molar-refractivity contribution is 7.11. The Kier molecular flexibility index (Phi) is 6.74. The largest absolute Gasteiger partial charge is 0.372 e. The van der Waals surface area contributed by atoms with Crippen LogP contribution in [0.5, 0.6) is 0 Å². The number of thiazole rings is 1. The van der Waals surface area contributed by atoms with Crippen LogP contribution in [0.4, 0.5) is 0 Å². The lowest BCUT2D eigenvalue weighted by molar-refractivity contribution is -0.139. The highest BCUT2D eigenvalue weighted by Crippen LogP contribution is 2.24. The van der Waals surface area contributed by atoms with E-state index in [1.54, 1.807) is 16.2 Å². The monoisotopic (exact) mass is 353 g/mol. The summed E-state index contributed by atoms with van der Waals surface area (Å²) < 4.78 is 5.16. The molecule has 1 aromatic heterocycles. The number of ether oxygens (including phenoxy) is 1. The van der Waals surface area contributed by atoms with Crippen LogP contribution in [-0.4, -0.2) is 48.0 Å². The standard InChI is InChI=1S/C17H27N3O3S/c1-5-23-10-15(21)20-8-6-14(7-9-20)17(22)18-11(2)16-12(3)24-13(4)19-16/h11,14H,5-10H2,1-4H3,(H,18,22). The quantitative estimate of drug-likeness (QED) is 0.851. The third-order valence-corrected chi connectivity index (χ3v) is 5.26. The van der Waals surface area contributed by atoms with Gasteiger partial charge in [0.15, 0.2) is 0 Å². The molecule has 1 N–H and O–H groups in total. The fourth-order valence-corrected chi connectivity index (χ4v) is 3.93. The molecule has 0 radical (unpaired) electrons. The van der Waals surface area contributed by atoms with Gasteiger partial charge >= 0.3 is 0 Å². The number of carbonyl (C=O) groups is 2. The zero-order valence-corrected chi connectivity index (χ0v) is 15.7. The van der Waals surface area contributed by atoms with Crippen LogP contribution in [0.3, 0.4) is 0 Å². The van der Waals surface area contributed by atoms with Crippen LogP contribution >= 0.6 is 11.3 Å². The van der Waals surface area contributed by atoms with E-state index in [1.807, 2.05) is 27.7 Å². The molecule has 1 saturated heterocycles. The summed E-state index contributed by atoms with van der Waals surface area (Å²) in [6, 6.07) is -0.0833. The second-order valence-corrected chi connectivity index (χ2v) is 7.60. The summed E-state index contributed by atoms with van der Waals surface area (Å²) >= 11 is 1.65. The average molecular weight is 353 g/mol. The van der Waals surface area contributed by atoms with E-state index in [-0.39, 0.29) is 30.4 Å². The number of nitrogens with zero attached hydrogens (tertiary/aromatic N) is 2. The van der Waals surface area contributed by atoms with Crippen molar-refractivity contribution < 1.29 is 14.3 Å². The Labute approximate surface area is 147 Å². The first-order valence-electron chi connectivity index (χ1n) is 8.52. The molecular weight excluding hydrogens is 326 g/mol. The molecule has 2 heterocycles. The van der Waals surface area contributed by atoms with E-state index in [9.17, 15) is 9.59 Å². The molecule has 0 bridgehead atoms. The van der Waals surface area contributed by atoms with E-state index in [4.69, 9.17) is 4.74 Å². The molecule has 0 spiro atoms. The lowest BCUT2D eigenvalue weighted by atomic mass is 9.95. The van der Waals surface area contributed by atoms with Crippen molar-refractivity contribution in [1.29, 1.82) is 0 Å². The molecule has 0 aliphatic carbocycles. The maximum Gasteiger partial charge on any atom is 0.248 e. The summed E-state index contributed by atoms with van der Waals surface area (Å²) in [5, 5.41) is 4.09. The van der Waals surface area contributed by atoms with Crippen molar-refractivity contribution in [1.82, 2.24) is 15.2 Å². The van der Waals surface area contributed by atoms with Gasteiger partial charge < -0.3 is 15.0 Å². The van der Waals surface area contributed by atoms with Crippen LogP contribution in [0.25, 0.3) is 0 Å². The molecule has 1 unspecified atom stereocenters. The third-order valence-electron chi connectivity index (χ3n) is 4.36. The number of amides is 2. The Morgan fingerprint density at radius 2 is 2.04 bits per heavy atom. The normalized spacial score (nSPS) is 16.9. The van der Waals surface area contributed by atoms with Crippen LogP contribution in [0, 0.1) is 19.8 Å². The van der Waals surface area contributed by atoms with Gasteiger partial charge in [-0.3, -0.25) is 9.59 Å². The molecule has 6 nitrogen and oxygen atoms in total. The molecule has 2 amide bonds. The fourth-order valence-electron chi connectivity index (χ4n) is 3.02. The summed E-state index contributed by atoms with van der Waals surface area (Å²) in [6.45, 7) is 9.76. The number of likely N-dealkylation sites (tertiary alicyclic amines) is 1. The van der Waals surface area contributed by atoms with Gasteiger partial charge in [0.1, 0.15) is 6.61 Å². The molecule has 1 aromatic rings. The van der Waals surface area contributed by atoms with E-state index < -0.39 is 0 Å². The van der Waals surface area contributed by atoms with E-state index in [1.165, 1.54) is 0 Å². The highest BCUT2D eigenvalue weighted by atomic mass is 32.1. The SMILES string of the molecule is CCOCC(=O)N1CCC(C(=O)NC(C)c2nc(C)sc2C)CC1. The Bertz CT molecular complexity index is 580. The minimum absolute atomic E-state index is 0.0117. The number of nitrogens with one attached hydrogen (secondary N) is 1. The lowest BCUT2D eigenvalue weighted by Crippen LogP contribution is -2.44. The van der Waals surface area contributed by atoms with Crippen LogP contribution in [-0.2, 0) is 14.3 Å². The Morgan fingerprint density at radius 3 is 2.58 bits per heavy atom. The molecule has 7 heteroatoms. The van der Waals surface area contributed by atoms with E-state index >= 15 is 0 Å². The van der Waals surface area contributed by atoms with Gasteiger partial charge in [-0.25, -0.2) is 4.98 Å². The molecule has 0 saturated carbocycles. The summed E-state index contributed by atoms with van der Waals surface area (Å²) in [7, 11) is 0. The Hall–Kier alpha value is -1.47. The van der Waals surface area contributed by atoms with Crippen molar-refractivity contribution in [2.75, 3.05) is 26.3 Å². The zero-order chi connectivity index (χ0) is 17.7. The fraction of sp³-hybridized carbons (Fsp3) is 0.706. The molecule has 2 rings (SSSR count). The number of aromatic nitrogens is 1. The second-order valence-electron chi connectivity index (χ2n) is 6.20. The second kappa shape index (κ2) is 8.58. The molecule has 1 aliphatic rings. The van der Waals surface area contributed by atoms with E-state index in [0.29, 0.717) is 32.5 Å². The maximum atomic E-state index is 12.5. The van der Waals surface area contributed by atoms with Crippen molar-refractivity contribution >= 4 is 23.2 Å². The molecule has 1 aliphatic heterocycles. The van der Waals surface area contributed by atoms with Gasteiger partial charge in [0.05, 0.1) is 16.7 Å². The minimum Gasteiger partial charge on any atom is -0.372 e. The zero-order valence-electron chi connectivity index (χ0n) is 14.9. The first kappa shape index (κ1) is 18.9. The summed E-state index contributed by atoms with van der Waals surface area (Å²) in [5.41, 5.74) is 0.954. The van der Waals surface area contributed by atoms with Gasteiger partial charge in [0.2, 0.25) is 11.8 Å². The maximum absolute atomic E-state index is 12.5. The number of rotatable bonds is 6. The van der Waals surface area contributed by atoms with Crippen LogP contribution < -0.4 is 5.32 Å². The topological polar surface area (TPSA) is 71.5 Å². The number of piperidine rings is 1. The van der Waals surface area contributed by atoms with Gasteiger partial charge in [-0.2, -0.15) is 0 Å². The Balaban J connectivity index is 1.82. The van der Waals surface area contributed by atoms with Crippen LogP contribution in [0.1, 0.15) is 48.3 Å². The number of hydrogen-bond acceptors (Lipinski definition) is 5. The molecule has 0 aromatic carbocycles. The molecular formula is C17H27N3O3S. The van der Waals surface area contributed by atoms with E-state index in [0.717, 1.165) is 15.6 Å². The Morgan fingerprint density at radius 1 is 1.38 bits per heavy atom. The molecule has 134 valence electrons. The van der Waals surface area contributed by atoms with Crippen molar-refractivity contribution in [3.63, 3.8) is 0 Å². The average Bonchev–Trinajstić information content (AvgIpc) is 2.91. The summed E-state index contributed by atoms with van der Waals surface area (Å²) in [4.78, 5) is 31.9. The summed E-state index contributed by atoms with van der Waals surface area (Å²) in [5.74, 6) is 0.0331. The molecule has 24 heavy (non-hydrogen) atoms. The van der Waals surface area contributed by atoms with Crippen molar-refractivity contribution in [2.45, 2.75) is 46.6 Å². The van der Waals surface area contributed by atoms with Crippen molar-refractivity contribution in [2.24, 2.45) is 5.92 Å². The minimum atomic E-state index is -0.0833. The van der Waals surface area contributed by atoms with Gasteiger partial charge in [-0.1, -0.05) is 0 Å². The number of hydrogen-bond donors (Lipinski definition) is 1. The first-order valence-corrected chi connectivity index (χ1v) is 9.33. The lowest BCUT2D eigenvalue weighted by Gasteiger charge is -2.31. The van der Waals surface area contributed by atoms with Crippen molar-refractivity contribution in [3.05, 3.63) is 15.6 Å².